The van der Waals surface area contributed by atoms with Crippen molar-refractivity contribution < 1.29 is 33.3 Å². The summed E-state index contributed by atoms with van der Waals surface area (Å²) in [4.78, 5) is 40.5. The first kappa shape index (κ1) is 25.2. The van der Waals surface area contributed by atoms with Crippen LogP contribution in [0.2, 0.25) is 0 Å². The average Bonchev–Trinajstić information content (AvgIpc) is 2.66. The molecule has 9 heteroatoms. The van der Waals surface area contributed by atoms with E-state index < -0.39 is 30.7 Å². The summed E-state index contributed by atoms with van der Waals surface area (Å²) in [6, 6.07) is 0.678. The van der Waals surface area contributed by atoms with Crippen LogP contribution < -0.4 is 14.8 Å². The first-order valence-electron chi connectivity index (χ1n) is 10.00. The Morgan fingerprint density at radius 3 is 2.47 bits per heavy atom. The summed E-state index contributed by atoms with van der Waals surface area (Å²) in [6.07, 6.45) is 2.92. The molecule has 0 saturated carbocycles. The number of ether oxygens (including phenoxy) is 4. The van der Waals surface area contributed by atoms with Gasteiger partial charge >= 0.3 is 11.9 Å². The number of amides is 1. The SMILES string of the molecule is CCC[C@H](NC(=O)c1nccc(OC)c1OCOC(C)=O)C(=O)OC(C)CC(C)C. The standard InChI is InChI=1S/C21H32N2O7/c1-7-8-16(21(26)30-14(4)11-13(2)3)23-20(25)18-19(29-12-28-15(5)24)17(27-6)9-10-22-18/h9-10,13-14,16H,7-8,11-12H2,1-6H3,(H,23,25)/t14?,16-/m0/s1. The number of carbonyl (C=O) groups excluding carboxylic acids is 3. The molecule has 9 nitrogen and oxygen atoms in total. The van der Waals surface area contributed by atoms with Crippen molar-refractivity contribution in [1.29, 1.82) is 0 Å². The third-order valence-corrected chi connectivity index (χ3v) is 4.06. The molecule has 0 spiro atoms. The summed E-state index contributed by atoms with van der Waals surface area (Å²) in [5.74, 6) is -1.03. The molecule has 1 rings (SSSR count). The molecule has 2 atom stereocenters. The fourth-order valence-electron chi connectivity index (χ4n) is 2.82. The highest BCUT2D eigenvalue weighted by Crippen LogP contribution is 2.29. The number of carbonyl (C=O) groups is 3. The zero-order chi connectivity index (χ0) is 22.7. The quantitative estimate of drug-likeness (QED) is 0.403. The molecule has 1 N–H and O–H groups in total. The fourth-order valence-corrected chi connectivity index (χ4v) is 2.82. The van der Waals surface area contributed by atoms with Crippen LogP contribution in [-0.2, 0) is 19.1 Å². The fraction of sp³-hybridized carbons (Fsp3) is 0.619. The van der Waals surface area contributed by atoms with Gasteiger partial charge in [0, 0.05) is 19.2 Å². The van der Waals surface area contributed by atoms with Gasteiger partial charge in [-0.25, -0.2) is 9.78 Å². The van der Waals surface area contributed by atoms with Crippen LogP contribution in [0.25, 0.3) is 0 Å². The van der Waals surface area contributed by atoms with E-state index in [1.807, 2.05) is 27.7 Å². The van der Waals surface area contributed by atoms with Crippen molar-refractivity contribution in [1.82, 2.24) is 10.3 Å². The van der Waals surface area contributed by atoms with E-state index in [2.05, 4.69) is 10.3 Å². The molecular weight excluding hydrogens is 392 g/mol. The summed E-state index contributed by atoms with van der Waals surface area (Å²) < 4.78 is 20.9. The van der Waals surface area contributed by atoms with E-state index in [-0.39, 0.29) is 23.3 Å². The molecule has 1 unspecified atom stereocenters. The third-order valence-electron chi connectivity index (χ3n) is 4.06. The molecular formula is C21H32N2O7. The number of methoxy groups -OCH3 is 1. The largest absolute Gasteiger partial charge is 0.493 e. The van der Waals surface area contributed by atoms with Gasteiger partial charge < -0.3 is 24.3 Å². The maximum Gasteiger partial charge on any atom is 0.328 e. The first-order chi connectivity index (χ1) is 14.2. The van der Waals surface area contributed by atoms with Crippen molar-refractivity contribution in [3.8, 4) is 11.5 Å². The van der Waals surface area contributed by atoms with Crippen molar-refractivity contribution in [3.63, 3.8) is 0 Å². The highest BCUT2D eigenvalue weighted by molar-refractivity contribution is 5.98. The number of esters is 2. The lowest BCUT2D eigenvalue weighted by molar-refractivity contribution is -0.151. The molecule has 0 fully saturated rings. The first-order valence-corrected chi connectivity index (χ1v) is 10.00. The maximum atomic E-state index is 12.9. The number of nitrogens with zero attached hydrogens (tertiary/aromatic N) is 1. The molecule has 1 aromatic rings. The molecule has 0 bridgehead atoms. The lowest BCUT2D eigenvalue weighted by Crippen LogP contribution is -2.43. The second kappa shape index (κ2) is 12.7. The van der Waals surface area contributed by atoms with Crippen molar-refractivity contribution in [2.45, 2.75) is 66.0 Å². The molecule has 0 radical (unpaired) electrons. The van der Waals surface area contributed by atoms with E-state index in [0.717, 1.165) is 6.42 Å². The van der Waals surface area contributed by atoms with E-state index in [9.17, 15) is 14.4 Å². The molecule has 0 aliphatic heterocycles. The molecule has 0 aliphatic rings. The number of rotatable bonds is 12. The Morgan fingerprint density at radius 2 is 1.90 bits per heavy atom. The molecule has 1 heterocycles. The third kappa shape index (κ3) is 8.26. The molecule has 1 aromatic heterocycles. The molecule has 1 amide bonds. The molecule has 0 aliphatic carbocycles. The van der Waals surface area contributed by atoms with Crippen LogP contribution in [0.3, 0.4) is 0 Å². The van der Waals surface area contributed by atoms with Gasteiger partial charge in [-0.2, -0.15) is 0 Å². The Hall–Kier alpha value is -2.84. The van der Waals surface area contributed by atoms with E-state index in [1.54, 1.807) is 0 Å². The Labute approximate surface area is 177 Å². The van der Waals surface area contributed by atoms with Crippen LogP contribution >= 0.6 is 0 Å². The summed E-state index contributed by atoms with van der Waals surface area (Å²) in [5, 5.41) is 2.66. The number of pyridine rings is 1. The highest BCUT2D eigenvalue weighted by atomic mass is 16.7. The number of aromatic nitrogens is 1. The van der Waals surface area contributed by atoms with E-state index in [0.29, 0.717) is 18.8 Å². The Morgan fingerprint density at radius 1 is 1.20 bits per heavy atom. The van der Waals surface area contributed by atoms with Crippen molar-refractivity contribution in [3.05, 3.63) is 18.0 Å². The monoisotopic (exact) mass is 424 g/mol. The zero-order valence-electron chi connectivity index (χ0n) is 18.5. The van der Waals surface area contributed by atoms with E-state index >= 15 is 0 Å². The Bertz CT molecular complexity index is 721. The maximum absolute atomic E-state index is 12.9. The van der Waals surface area contributed by atoms with Gasteiger partial charge in [0.2, 0.25) is 6.79 Å². The minimum absolute atomic E-state index is 0.00976. The smallest absolute Gasteiger partial charge is 0.328 e. The molecule has 168 valence electrons. The average molecular weight is 424 g/mol. The van der Waals surface area contributed by atoms with Crippen LogP contribution in [0.1, 0.15) is 64.4 Å². The van der Waals surface area contributed by atoms with Gasteiger partial charge in [-0.15, -0.1) is 0 Å². The lowest BCUT2D eigenvalue weighted by atomic mass is 10.1. The molecule has 0 aromatic carbocycles. The normalized spacial score (nSPS) is 12.6. The minimum Gasteiger partial charge on any atom is -0.493 e. The van der Waals surface area contributed by atoms with Gasteiger partial charge in [-0.1, -0.05) is 27.2 Å². The number of hydrogen-bond donors (Lipinski definition) is 1. The van der Waals surface area contributed by atoms with Gasteiger partial charge in [0.25, 0.3) is 5.91 Å². The van der Waals surface area contributed by atoms with Crippen LogP contribution in [0.15, 0.2) is 12.3 Å². The zero-order valence-corrected chi connectivity index (χ0v) is 18.5. The second-order valence-electron chi connectivity index (χ2n) is 7.28. The second-order valence-corrected chi connectivity index (χ2v) is 7.28. The Balaban J connectivity index is 2.98. The van der Waals surface area contributed by atoms with Crippen molar-refractivity contribution in [2.24, 2.45) is 5.92 Å². The van der Waals surface area contributed by atoms with E-state index in [4.69, 9.17) is 18.9 Å². The van der Waals surface area contributed by atoms with Gasteiger partial charge in [-0.05, 0) is 25.7 Å². The topological polar surface area (TPSA) is 113 Å². The van der Waals surface area contributed by atoms with Crippen molar-refractivity contribution >= 4 is 17.8 Å². The summed E-state index contributed by atoms with van der Waals surface area (Å²) in [6.45, 7) is 8.64. The summed E-state index contributed by atoms with van der Waals surface area (Å²) in [5.41, 5.74) is -0.0920. The highest BCUT2D eigenvalue weighted by Gasteiger charge is 2.27. The molecule has 30 heavy (non-hydrogen) atoms. The van der Waals surface area contributed by atoms with Crippen molar-refractivity contribution in [2.75, 3.05) is 13.9 Å². The van der Waals surface area contributed by atoms with Gasteiger partial charge in [0.15, 0.2) is 17.2 Å². The van der Waals surface area contributed by atoms with Crippen LogP contribution in [0, 0.1) is 5.92 Å². The number of nitrogens with one attached hydrogen (secondary N) is 1. The predicted octanol–water partition coefficient (Wildman–Crippen LogP) is 2.87. The van der Waals surface area contributed by atoms with Gasteiger partial charge in [0.05, 0.1) is 13.2 Å². The van der Waals surface area contributed by atoms with E-state index in [1.165, 1.54) is 26.3 Å². The molecule has 0 saturated heterocycles. The summed E-state index contributed by atoms with van der Waals surface area (Å²) >= 11 is 0. The van der Waals surface area contributed by atoms with Gasteiger partial charge in [-0.3, -0.25) is 9.59 Å². The van der Waals surface area contributed by atoms with Crippen LogP contribution in [-0.4, -0.2) is 48.9 Å². The number of hydrogen-bond acceptors (Lipinski definition) is 8. The summed E-state index contributed by atoms with van der Waals surface area (Å²) in [7, 11) is 1.41. The van der Waals surface area contributed by atoms with Crippen LogP contribution in [0.4, 0.5) is 0 Å². The van der Waals surface area contributed by atoms with Gasteiger partial charge in [0.1, 0.15) is 6.04 Å². The van der Waals surface area contributed by atoms with Crippen LogP contribution in [0.5, 0.6) is 11.5 Å². The minimum atomic E-state index is -0.827. The predicted molar refractivity (Wildman–Crippen MR) is 109 cm³/mol. The Kier molecular flexibility index (Phi) is 10.6. The lowest BCUT2D eigenvalue weighted by Gasteiger charge is -2.21.